The monoisotopic (exact) mass is 509 g/mol. The number of halogens is 1. The Balaban J connectivity index is 1.63. The second kappa shape index (κ2) is 10.2. The van der Waals surface area contributed by atoms with Crippen LogP contribution in [0.15, 0.2) is 103 Å². The summed E-state index contributed by atoms with van der Waals surface area (Å²) in [6.07, 6.45) is 0. The van der Waals surface area contributed by atoms with Crippen molar-refractivity contribution >= 4 is 23.1 Å². The quantitative estimate of drug-likeness (QED) is 0.181. The highest BCUT2D eigenvalue weighted by molar-refractivity contribution is 6.51. The topological polar surface area (TPSA) is 76.1 Å². The van der Waals surface area contributed by atoms with Gasteiger partial charge in [0.25, 0.3) is 11.7 Å². The third-order valence-electron chi connectivity index (χ3n) is 6.31. The Hall–Kier alpha value is -4.91. The van der Waals surface area contributed by atoms with Crippen LogP contribution >= 0.6 is 0 Å². The molecule has 1 saturated heterocycles. The molecule has 190 valence electrons. The van der Waals surface area contributed by atoms with Crippen molar-refractivity contribution in [3.8, 4) is 17.2 Å². The minimum absolute atomic E-state index is 0.0187. The van der Waals surface area contributed by atoms with Gasteiger partial charge in [-0.3, -0.25) is 14.5 Å². The second-order valence-corrected chi connectivity index (χ2v) is 8.84. The zero-order valence-corrected chi connectivity index (χ0v) is 20.7. The van der Waals surface area contributed by atoms with Crippen LogP contribution < -0.4 is 14.4 Å². The fraction of sp³-hybridized carbons (Fsp3) is 0.0968. The zero-order chi connectivity index (χ0) is 26.8. The molecule has 1 aliphatic rings. The van der Waals surface area contributed by atoms with Gasteiger partial charge in [0.05, 0.1) is 24.3 Å². The molecule has 1 N–H and O–H groups in total. The fourth-order valence-corrected chi connectivity index (χ4v) is 4.56. The van der Waals surface area contributed by atoms with Crippen molar-refractivity contribution in [1.29, 1.82) is 0 Å². The summed E-state index contributed by atoms with van der Waals surface area (Å²) in [6.45, 7) is 1.89. The van der Waals surface area contributed by atoms with E-state index in [2.05, 4.69) is 0 Å². The first-order valence-corrected chi connectivity index (χ1v) is 11.9. The maximum absolute atomic E-state index is 14.1. The van der Waals surface area contributed by atoms with Gasteiger partial charge < -0.3 is 14.6 Å². The molecule has 0 saturated carbocycles. The van der Waals surface area contributed by atoms with Crippen molar-refractivity contribution in [1.82, 2.24) is 0 Å². The van der Waals surface area contributed by atoms with Crippen LogP contribution in [0.5, 0.6) is 17.2 Å². The predicted octanol–water partition coefficient (Wildman–Crippen LogP) is 6.56. The van der Waals surface area contributed by atoms with Gasteiger partial charge in [-0.1, -0.05) is 48.0 Å². The highest BCUT2D eigenvalue weighted by Gasteiger charge is 2.47. The number of aryl methyl sites for hydroxylation is 1. The average Bonchev–Trinajstić information content (AvgIpc) is 3.19. The Morgan fingerprint density at radius 3 is 2.26 bits per heavy atom. The minimum Gasteiger partial charge on any atom is -0.507 e. The summed E-state index contributed by atoms with van der Waals surface area (Å²) in [5.41, 5.74) is 1.78. The average molecular weight is 510 g/mol. The number of carbonyl (C=O) groups is 2. The molecule has 0 radical (unpaired) electrons. The number of ether oxygens (including phenoxy) is 2. The van der Waals surface area contributed by atoms with E-state index >= 15 is 0 Å². The van der Waals surface area contributed by atoms with Gasteiger partial charge >= 0.3 is 0 Å². The molecule has 0 aromatic heterocycles. The Bertz CT molecular complexity index is 1550. The normalized spacial score (nSPS) is 16.5. The maximum atomic E-state index is 14.1. The summed E-state index contributed by atoms with van der Waals surface area (Å²) in [5.74, 6) is -1.46. The second-order valence-electron chi connectivity index (χ2n) is 8.84. The van der Waals surface area contributed by atoms with E-state index in [0.717, 1.165) is 11.6 Å². The number of nitrogens with zero attached hydrogens (tertiary/aromatic N) is 1. The molecule has 1 unspecified atom stereocenters. The molecular weight excluding hydrogens is 485 g/mol. The molecule has 0 bridgehead atoms. The third kappa shape index (κ3) is 4.62. The van der Waals surface area contributed by atoms with Gasteiger partial charge in [0.2, 0.25) is 0 Å². The molecule has 1 amide bonds. The first-order chi connectivity index (χ1) is 18.4. The summed E-state index contributed by atoms with van der Waals surface area (Å²) >= 11 is 0. The molecule has 7 heteroatoms. The molecular formula is C31H24FNO5. The van der Waals surface area contributed by atoms with Crippen molar-refractivity contribution in [2.75, 3.05) is 12.0 Å². The lowest BCUT2D eigenvalue weighted by atomic mass is 9.94. The molecule has 38 heavy (non-hydrogen) atoms. The molecule has 5 rings (SSSR count). The fourth-order valence-electron chi connectivity index (χ4n) is 4.56. The van der Waals surface area contributed by atoms with Gasteiger partial charge in [-0.05, 0) is 67.1 Å². The lowest BCUT2D eigenvalue weighted by molar-refractivity contribution is -0.132. The van der Waals surface area contributed by atoms with Crippen molar-refractivity contribution in [3.63, 3.8) is 0 Å². The van der Waals surface area contributed by atoms with Crippen LogP contribution in [-0.2, 0) is 9.59 Å². The Morgan fingerprint density at radius 1 is 0.868 bits per heavy atom. The van der Waals surface area contributed by atoms with Gasteiger partial charge in [-0.2, -0.15) is 0 Å². The summed E-state index contributed by atoms with van der Waals surface area (Å²) in [5, 5.41) is 11.3. The van der Waals surface area contributed by atoms with Gasteiger partial charge in [0, 0.05) is 5.69 Å². The van der Waals surface area contributed by atoms with Crippen molar-refractivity contribution in [2.24, 2.45) is 0 Å². The van der Waals surface area contributed by atoms with Gasteiger partial charge in [0.1, 0.15) is 28.8 Å². The van der Waals surface area contributed by atoms with Crippen molar-refractivity contribution in [2.45, 2.75) is 13.0 Å². The predicted molar refractivity (Wildman–Crippen MR) is 142 cm³/mol. The molecule has 6 nitrogen and oxygen atoms in total. The molecule has 1 fully saturated rings. The number of Topliss-reactive ketones (excluding diaryl/α,β-unsaturated/α-hetero) is 1. The molecule has 1 heterocycles. The molecule has 0 spiro atoms. The lowest BCUT2D eigenvalue weighted by Crippen LogP contribution is -2.29. The number of rotatable bonds is 6. The number of amides is 1. The number of aliphatic hydroxyl groups excluding tert-OH is 1. The standard InChI is InChI=1S/C31H24FNO5/c1-19-7-6-8-20(17-19)28-27(29(34)25-18-21(32)11-16-26(25)37-2)30(35)31(36)33(28)22-12-14-24(15-13-22)38-23-9-4-3-5-10-23/h3-18,28,34H,1-2H3/b29-27+. The summed E-state index contributed by atoms with van der Waals surface area (Å²) in [4.78, 5) is 28.1. The first kappa shape index (κ1) is 24.8. The number of aliphatic hydroxyl groups is 1. The molecule has 1 atom stereocenters. The van der Waals surface area contributed by atoms with Gasteiger partial charge in [-0.15, -0.1) is 0 Å². The maximum Gasteiger partial charge on any atom is 0.300 e. The van der Waals surface area contributed by atoms with Crippen LogP contribution in [-0.4, -0.2) is 23.9 Å². The number of anilines is 1. The number of hydrogen-bond donors (Lipinski definition) is 1. The Labute approximate surface area is 219 Å². The number of ketones is 1. The van der Waals surface area contributed by atoms with E-state index < -0.39 is 29.3 Å². The number of carbonyl (C=O) groups excluding carboxylic acids is 2. The van der Waals surface area contributed by atoms with Crippen LogP contribution in [0, 0.1) is 12.7 Å². The lowest BCUT2D eigenvalue weighted by Gasteiger charge is -2.26. The Kier molecular flexibility index (Phi) is 6.66. The summed E-state index contributed by atoms with van der Waals surface area (Å²) < 4.78 is 25.3. The molecule has 0 aliphatic carbocycles. The highest BCUT2D eigenvalue weighted by atomic mass is 19.1. The zero-order valence-electron chi connectivity index (χ0n) is 20.7. The molecule has 4 aromatic rings. The number of para-hydroxylation sites is 1. The van der Waals surface area contributed by atoms with Crippen LogP contribution in [0.25, 0.3) is 5.76 Å². The van der Waals surface area contributed by atoms with Crippen LogP contribution in [0.2, 0.25) is 0 Å². The smallest absolute Gasteiger partial charge is 0.300 e. The van der Waals surface area contributed by atoms with Crippen LogP contribution in [0.4, 0.5) is 10.1 Å². The Morgan fingerprint density at radius 2 is 1.58 bits per heavy atom. The SMILES string of the molecule is COc1ccc(F)cc1/C(O)=C1\C(=O)C(=O)N(c2ccc(Oc3ccccc3)cc2)C1c1cccc(C)c1. The van der Waals surface area contributed by atoms with Crippen LogP contribution in [0.3, 0.4) is 0 Å². The first-order valence-electron chi connectivity index (χ1n) is 11.9. The largest absolute Gasteiger partial charge is 0.507 e. The van der Waals surface area contributed by atoms with E-state index in [-0.39, 0.29) is 16.9 Å². The van der Waals surface area contributed by atoms with Gasteiger partial charge in [-0.25, -0.2) is 4.39 Å². The van der Waals surface area contributed by atoms with Crippen LogP contribution in [0.1, 0.15) is 22.7 Å². The van der Waals surface area contributed by atoms with E-state index in [1.54, 1.807) is 30.3 Å². The van der Waals surface area contributed by atoms with E-state index in [0.29, 0.717) is 22.7 Å². The number of benzene rings is 4. The molecule has 4 aromatic carbocycles. The summed E-state index contributed by atoms with van der Waals surface area (Å²) in [7, 11) is 1.37. The van der Waals surface area contributed by atoms with E-state index in [9.17, 15) is 19.1 Å². The highest BCUT2D eigenvalue weighted by Crippen LogP contribution is 2.44. The van der Waals surface area contributed by atoms with E-state index in [4.69, 9.17) is 9.47 Å². The van der Waals surface area contributed by atoms with E-state index in [1.165, 1.54) is 24.1 Å². The number of methoxy groups -OCH3 is 1. The summed E-state index contributed by atoms with van der Waals surface area (Å²) in [6, 6.07) is 26.0. The van der Waals surface area contributed by atoms with E-state index in [1.807, 2.05) is 55.5 Å². The minimum atomic E-state index is -0.955. The third-order valence-corrected chi connectivity index (χ3v) is 6.31. The number of hydrogen-bond acceptors (Lipinski definition) is 5. The van der Waals surface area contributed by atoms with Gasteiger partial charge in [0.15, 0.2) is 0 Å². The van der Waals surface area contributed by atoms with Crippen molar-refractivity contribution < 1.29 is 28.6 Å². The molecule has 1 aliphatic heterocycles. The van der Waals surface area contributed by atoms with Crippen molar-refractivity contribution in [3.05, 3.63) is 125 Å².